The first-order chi connectivity index (χ1) is 20.9. The fraction of sp³-hybridized carbons (Fsp3) is 0.444. The summed E-state index contributed by atoms with van der Waals surface area (Å²) in [6.07, 6.45) is 12.1. The molecule has 0 aromatic heterocycles. The number of unbranched alkanes of at least 4 members (excludes halogenated alkanes) is 4. The molecule has 4 rings (SSSR count). The van der Waals surface area contributed by atoms with Gasteiger partial charge in [0.1, 0.15) is 20.2 Å². The molecule has 240 valence electrons. The van der Waals surface area contributed by atoms with Crippen LogP contribution in [0.3, 0.4) is 0 Å². The molecule has 0 fully saturated rings. The molecule has 0 bridgehead atoms. The van der Waals surface area contributed by atoms with Crippen LogP contribution < -0.4 is 0 Å². The summed E-state index contributed by atoms with van der Waals surface area (Å²) in [5.41, 5.74) is 4.42. The van der Waals surface area contributed by atoms with Crippen molar-refractivity contribution in [2.24, 2.45) is 0 Å². The molecule has 0 heterocycles. The van der Waals surface area contributed by atoms with Gasteiger partial charge in [-0.2, -0.15) is 0 Å². The van der Waals surface area contributed by atoms with Crippen molar-refractivity contribution in [3.8, 4) is 0 Å². The van der Waals surface area contributed by atoms with E-state index in [0.29, 0.717) is 10.8 Å². The number of hydrogen-bond donors (Lipinski definition) is 0. The van der Waals surface area contributed by atoms with Gasteiger partial charge >= 0.3 is 37.7 Å². The van der Waals surface area contributed by atoms with Crippen LogP contribution in [0.2, 0.25) is 0 Å². The van der Waals surface area contributed by atoms with Crippen LogP contribution in [0.25, 0.3) is 21.5 Å². The Morgan fingerprint density at radius 1 is 0.511 bits per heavy atom. The molecule has 0 unspecified atom stereocenters. The third kappa shape index (κ3) is 11.3. The summed E-state index contributed by atoms with van der Waals surface area (Å²) in [5.74, 6) is 0. The molecule has 0 spiro atoms. The number of rotatable bonds is 14. The van der Waals surface area contributed by atoms with E-state index in [2.05, 4.69) is 39.8 Å². The third-order valence-electron chi connectivity index (χ3n) is 7.94. The predicted octanol–water partition coefficient (Wildman–Crippen LogP) is 8.48. The number of aryl methyl sites for hydroxylation is 4. The minimum absolute atomic E-state index is 0. The summed E-state index contributed by atoms with van der Waals surface area (Å²) < 4.78 is 69.4. The minimum atomic E-state index is -4.46. The van der Waals surface area contributed by atoms with E-state index in [1.54, 1.807) is 12.1 Å². The second-order valence-corrected chi connectivity index (χ2v) is 14.2. The summed E-state index contributed by atoms with van der Waals surface area (Å²) >= 11 is 0. The maximum atomic E-state index is 11.6. The fourth-order valence-electron chi connectivity index (χ4n) is 5.69. The average molecular weight is 679 g/mol. The third-order valence-corrected chi connectivity index (χ3v) is 9.69. The van der Waals surface area contributed by atoms with Crippen molar-refractivity contribution in [3.63, 3.8) is 0 Å². The van der Waals surface area contributed by atoms with E-state index in [1.807, 2.05) is 24.3 Å². The van der Waals surface area contributed by atoms with E-state index in [1.165, 1.54) is 23.3 Å². The minimum Gasteiger partial charge on any atom is -0.744 e. The van der Waals surface area contributed by atoms with Crippen LogP contribution in [0.5, 0.6) is 0 Å². The van der Waals surface area contributed by atoms with Crippen LogP contribution in [0.4, 0.5) is 0 Å². The monoisotopic (exact) mass is 678 g/mol. The first-order valence-corrected chi connectivity index (χ1v) is 18.8. The number of fused-ring (bicyclic) bond motifs is 2. The van der Waals surface area contributed by atoms with Crippen LogP contribution in [-0.2, 0) is 45.9 Å². The van der Waals surface area contributed by atoms with Gasteiger partial charge in [0.05, 0.1) is 9.79 Å². The molecule has 4 aromatic rings. The summed E-state index contributed by atoms with van der Waals surface area (Å²) in [7, 11) is -8.91. The van der Waals surface area contributed by atoms with E-state index in [-0.39, 0.29) is 47.5 Å². The molecule has 6 nitrogen and oxygen atoms in total. The molecule has 0 aliphatic heterocycles. The average Bonchev–Trinajstić information content (AvgIpc) is 2.99. The Labute approximate surface area is 300 Å². The van der Waals surface area contributed by atoms with E-state index in [4.69, 9.17) is 0 Å². The Kier molecular flexibility index (Phi) is 16.5. The zero-order chi connectivity index (χ0) is 32.3. The van der Waals surface area contributed by atoms with Crippen LogP contribution in [-0.4, -0.2) is 63.7 Å². The molecule has 0 aliphatic carbocycles. The number of benzene rings is 4. The SMILES string of the molecule is CCCCc1cc(CCCC)c2c(S(=O)(=O)[O-])cccc2c1.CCCCc1cc(CCCC)c2c(S(=O)(=O)[O-])cccc2c1.[Ca+2]. The quantitative estimate of drug-likeness (QED) is 0.0976. The molecular weight excluding hydrogens is 633 g/mol. The predicted molar refractivity (Wildman–Crippen MR) is 184 cm³/mol. The molecule has 4 aromatic carbocycles. The Bertz CT molecular complexity index is 1630. The van der Waals surface area contributed by atoms with Gasteiger partial charge in [-0.05, 0) is 96.5 Å². The molecule has 0 saturated heterocycles. The Balaban J connectivity index is 0.000000307. The van der Waals surface area contributed by atoms with Gasteiger partial charge in [-0.1, -0.05) is 102 Å². The molecule has 9 heteroatoms. The normalized spacial score (nSPS) is 11.7. The van der Waals surface area contributed by atoms with Crippen LogP contribution >= 0.6 is 0 Å². The van der Waals surface area contributed by atoms with Crippen molar-refractivity contribution in [1.82, 2.24) is 0 Å². The largest absolute Gasteiger partial charge is 2.00 e. The maximum Gasteiger partial charge on any atom is 2.00 e. The first-order valence-electron chi connectivity index (χ1n) is 15.9. The van der Waals surface area contributed by atoms with Gasteiger partial charge in [-0.25, -0.2) is 16.8 Å². The van der Waals surface area contributed by atoms with Gasteiger partial charge in [0.25, 0.3) is 0 Å². The zero-order valence-corrected chi connectivity index (χ0v) is 31.1. The Morgan fingerprint density at radius 2 is 0.844 bits per heavy atom. The summed E-state index contributed by atoms with van der Waals surface area (Å²) in [5, 5.41) is 2.95. The van der Waals surface area contributed by atoms with Gasteiger partial charge < -0.3 is 9.11 Å². The van der Waals surface area contributed by atoms with Gasteiger partial charge in [0, 0.05) is 10.8 Å². The van der Waals surface area contributed by atoms with Gasteiger partial charge in [-0.3, -0.25) is 0 Å². The maximum absolute atomic E-state index is 11.6. The van der Waals surface area contributed by atoms with E-state index in [0.717, 1.165) is 98.9 Å². The molecule has 0 radical (unpaired) electrons. The van der Waals surface area contributed by atoms with Crippen molar-refractivity contribution in [2.45, 2.75) is 115 Å². The fourth-order valence-corrected chi connectivity index (χ4v) is 7.18. The van der Waals surface area contributed by atoms with E-state index in [9.17, 15) is 25.9 Å². The summed E-state index contributed by atoms with van der Waals surface area (Å²) in [6.45, 7) is 8.52. The van der Waals surface area contributed by atoms with Crippen LogP contribution in [0.15, 0.2) is 70.5 Å². The van der Waals surface area contributed by atoms with Gasteiger partial charge in [-0.15, -0.1) is 0 Å². The topological polar surface area (TPSA) is 114 Å². The van der Waals surface area contributed by atoms with Crippen LogP contribution in [0, 0.1) is 0 Å². The van der Waals surface area contributed by atoms with Crippen molar-refractivity contribution in [1.29, 1.82) is 0 Å². The zero-order valence-electron chi connectivity index (χ0n) is 27.2. The molecule has 0 N–H and O–H groups in total. The van der Waals surface area contributed by atoms with Gasteiger partial charge in [0.2, 0.25) is 0 Å². The standard InChI is InChI=1S/2C18H24O3S.Ca/c2*1-3-5-8-14-12-15(9-6-4-2)18-16(13-14)10-7-11-17(18)22(19,20)21;/h2*7,10-13H,3-6,8-9H2,1-2H3,(H,19,20,21);/q;;+2/p-2. The Morgan fingerprint density at radius 3 is 1.16 bits per heavy atom. The second kappa shape index (κ2) is 18.7. The molecule has 0 aliphatic rings. The van der Waals surface area contributed by atoms with Crippen molar-refractivity contribution < 1.29 is 25.9 Å². The van der Waals surface area contributed by atoms with Gasteiger partial charge in [0.15, 0.2) is 0 Å². The number of hydrogen-bond acceptors (Lipinski definition) is 6. The molecular formula is C36H46CaO6S2. The summed E-state index contributed by atoms with van der Waals surface area (Å²) in [4.78, 5) is -0.170. The van der Waals surface area contributed by atoms with Crippen molar-refractivity contribution in [3.05, 3.63) is 82.9 Å². The molecule has 0 amide bonds. The summed E-state index contributed by atoms with van der Waals surface area (Å²) in [6, 6.07) is 18.2. The smallest absolute Gasteiger partial charge is 0.744 e. The van der Waals surface area contributed by atoms with E-state index >= 15 is 0 Å². The second-order valence-electron chi connectivity index (χ2n) is 11.5. The van der Waals surface area contributed by atoms with E-state index < -0.39 is 20.2 Å². The van der Waals surface area contributed by atoms with Crippen LogP contribution in [0.1, 0.15) is 101 Å². The van der Waals surface area contributed by atoms with Crippen molar-refractivity contribution in [2.75, 3.05) is 0 Å². The molecule has 0 atom stereocenters. The molecule has 45 heavy (non-hydrogen) atoms. The first kappa shape index (κ1) is 39.7. The Hall–Kier alpha value is -1.52. The van der Waals surface area contributed by atoms with Crippen molar-refractivity contribution >= 4 is 79.5 Å². The molecule has 0 saturated carbocycles.